The first-order chi connectivity index (χ1) is 8.26. The van der Waals surface area contributed by atoms with Crippen LogP contribution in [0.1, 0.15) is 24.2 Å². The molecule has 0 radical (unpaired) electrons. The highest BCUT2D eigenvalue weighted by Crippen LogP contribution is 2.21. The van der Waals surface area contributed by atoms with Crippen LogP contribution in [0.4, 0.5) is 4.39 Å². The Kier molecular flexibility index (Phi) is 4.87. The van der Waals surface area contributed by atoms with Crippen molar-refractivity contribution in [3.63, 3.8) is 0 Å². The number of hydrogen-bond donors (Lipinski definition) is 1. The van der Waals surface area contributed by atoms with Gasteiger partial charge in [0.05, 0.1) is 5.56 Å². The highest BCUT2D eigenvalue weighted by molar-refractivity contribution is 9.10. The van der Waals surface area contributed by atoms with Gasteiger partial charge in [0.25, 0.3) is 5.91 Å². The monoisotopic (exact) mass is 316 g/mol. The maximum atomic E-state index is 13.2. The van der Waals surface area contributed by atoms with Gasteiger partial charge in [-0.25, -0.2) is 4.39 Å². The Bertz CT molecular complexity index is 449. The van der Waals surface area contributed by atoms with Crippen LogP contribution < -0.4 is 5.73 Å². The van der Waals surface area contributed by atoms with E-state index in [0.717, 1.165) is 0 Å². The van der Waals surface area contributed by atoms with Crippen LogP contribution in [0.5, 0.6) is 0 Å². The molecule has 0 aliphatic rings. The van der Waals surface area contributed by atoms with Crippen molar-refractivity contribution in [3.8, 4) is 0 Å². The number of nitrogens with two attached hydrogens (primary N) is 1. The maximum absolute atomic E-state index is 13.2. The first-order valence-corrected chi connectivity index (χ1v) is 6.47. The molecule has 18 heavy (non-hydrogen) atoms. The average molecular weight is 317 g/mol. The van der Waals surface area contributed by atoms with E-state index in [4.69, 9.17) is 5.73 Å². The standard InChI is InChI=1S/C13H18BrFN2O/c1-13(2,7-16)8-17(3)12(18)10-6-9(15)4-5-11(10)14/h4-6H,7-8,16H2,1-3H3. The Balaban J connectivity index is 2.90. The van der Waals surface area contributed by atoms with Gasteiger partial charge in [0.1, 0.15) is 5.82 Å². The van der Waals surface area contributed by atoms with Gasteiger partial charge in [-0.05, 0) is 46.1 Å². The van der Waals surface area contributed by atoms with Gasteiger partial charge in [-0.2, -0.15) is 0 Å². The lowest BCUT2D eigenvalue weighted by atomic mass is 9.93. The zero-order chi connectivity index (χ0) is 13.9. The minimum absolute atomic E-state index is 0.162. The van der Waals surface area contributed by atoms with Crippen LogP contribution in [-0.2, 0) is 0 Å². The molecule has 1 aromatic rings. The van der Waals surface area contributed by atoms with E-state index in [1.165, 1.54) is 18.2 Å². The normalized spacial score (nSPS) is 11.4. The fourth-order valence-electron chi connectivity index (χ4n) is 1.65. The lowest BCUT2D eigenvalue weighted by Crippen LogP contribution is -2.39. The molecule has 0 heterocycles. The first kappa shape index (κ1) is 15.1. The van der Waals surface area contributed by atoms with Gasteiger partial charge in [0.2, 0.25) is 0 Å². The topological polar surface area (TPSA) is 46.3 Å². The summed E-state index contributed by atoms with van der Waals surface area (Å²) in [5.41, 5.74) is 5.80. The number of amides is 1. The molecule has 0 bridgehead atoms. The molecule has 100 valence electrons. The Morgan fingerprint density at radius 3 is 2.67 bits per heavy atom. The minimum atomic E-state index is -0.423. The Morgan fingerprint density at radius 1 is 1.50 bits per heavy atom. The summed E-state index contributed by atoms with van der Waals surface area (Å²) in [5, 5.41) is 0. The van der Waals surface area contributed by atoms with Gasteiger partial charge in [0.15, 0.2) is 0 Å². The van der Waals surface area contributed by atoms with Crippen LogP contribution in [0.25, 0.3) is 0 Å². The molecule has 0 aliphatic heterocycles. The highest BCUT2D eigenvalue weighted by Gasteiger charge is 2.23. The molecule has 0 spiro atoms. The predicted octanol–water partition coefficient (Wildman–Crippen LogP) is 2.65. The maximum Gasteiger partial charge on any atom is 0.254 e. The second-order valence-electron chi connectivity index (χ2n) is 5.15. The molecule has 0 fully saturated rings. The molecule has 0 saturated heterocycles. The highest BCUT2D eigenvalue weighted by atomic mass is 79.9. The fourth-order valence-corrected chi connectivity index (χ4v) is 2.06. The summed E-state index contributed by atoms with van der Waals surface area (Å²) in [6, 6.07) is 4.08. The summed E-state index contributed by atoms with van der Waals surface area (Å²) in [7, 11) is 1.69. The number of hydrogen-bond acceptors (Lipinski definition) is 2. The van der Waals surface area contributed by atoms with E-state index < -0.39 is 5.82 Å². The molecule has 1 rings (SSSR count). The summed E-state index contributed by atoms with van der Waals surface area (Å²) < 4.78 is 13.8. The summed E-state index contributed by atoms with van der Waals surface area (Å²) in [4.78, 5) is 13.8. The largest absolute Gasteiger partial charge is 0.341 e. The molecule has 0 aromatic heterocycles. The van der Waals surface area contributed by atoms with Crippen molar-refractivity contribution < 1.29 is 9.18 Å². The SMILES string of the molecule is CN(CC(C)(C)CN)C(=O)c1cc(F)ccc1Br. The van der Waals surface area contributed by atoms with E-state index in [0.29, 0.717) is 23.1 Å². The summed E-state index contributed by atoms with van der Waals surface area (Å²) in [6.07, 6.45) is 0. The van der Waals surface area contributed by atoms with Crippen LogP contribution in [0, 0.1) is 11.2 Å². The van der Waals surface area contributed by atoms with Crippen molar-refractivity contribution >= 4 is 21.8 Å². The third kappa shape index (κ3) is 3.78. The van der Waals surface area contributed by atoms with Crippen LogP contribution >= 0.6 is 15.9 Å². The molecule has 1 aromatic carbocycles. The second kappa shape index (κ2) is 5.80. The lowest BCUT2D eigenvalue weighted by Gasteiger charge is -2.29. The Labute approximate surface area is 115 Å². The Hall–Kier alpha value is -0.940. The summed E-state index contributed by atoms with van der Waals surface area (Å²) in [6.45, 7) is 4.97. The number of carbonyl (C=O) groups excluding carboxylic acids is 1. The molecule has 2 N–H and O–H groups in total. The van der Waals surface area contributed by atoms with E-state index in [9.17, 15) is 9.18 Å². The minimum Gasteiger partial charge on any atom is -0.341 e. The number of halogens is 2. The molecule has 0 unspecified atom stereocenters. The van der Waals surface area contributed by atoms with Gasteiger partial charge in [0, 0.05) is 18.1 Å². The zero-order valence-electron chi connectivity index (χ0n) is 10.8. The predicted molar refractivity (Wildman–Crippen MR) is 73.9 cm³/mol. The van der Waals surface area contributed by atoms with Crippen molar-refractivity contribution in [1.82, 2.24) is 4.90 Å². The third-order valence-corrected chi connectivity index (χ3v) is 3.41. The molecule has 0 atom stereocenters. The molecular formula is C13H18BrFN2O. The molecule has 0 aliphatic carbocycles. The van der Waals surface area contributed by atoms with Crippen molar-refractivity contribution in [3.05, 3.63) is 34.1 Å². The second-order valence-corrected chi connectivity index (χ2v) is 6.01. The van der Waals surface area contributed by atoms with Crippen molar-refractivity contribution in [2.75, 3.05) is 20.1 Å². The zero-order valence-corrected chi connectivity index (χ0v) is 12.4. The van der Waals surface area contributed by atoms with E-state index in [1.54, 1.807) is 11.9 Å². The average Bonchev–Trinajstić information content (AvgIpc) is 2.31. The molecule has 5 heteroatoms. The van der Waals surface area contributed by atoms with Crippen LogP contribution in [0.3, 0.4) is 0 Å². The third-order valence-electron chi connectivity index (χ3n) is 2.72. The number of rotatable bonds is 4. The van der Waals surface area contributed by atoms with Crippen LogP contribution in [0.15, 0.2) is 22.7 Å². The summed E-state index contributed by atoms with van der Waals surface area (Å²) in [5.74, 6) is -0.643. The molecule has 0 saturated carbocycles. The van der Waals surface area contributed by atoms with Gasteiger partial charge >= 0.3 is 0 Å². The number of carbonyl (C=O) groups is 1. The van der Waals surface area contributed by atoms with Crippen molar-refractivity contribution in [2.45, 2.75) is 13.8 Å². The van der Waals surface area contributed by atoms with Crippen LogP contribution in [0.2, 0.25) is 0 Å². The van der Waals surface area contributed by atoms with Gasteiger partial charge in [-0.3, -0.25) is 4.79 Å². The van der Waals surface area contributed by atoms with E-state index in [2.05, 4.69) is 15.9 Å². The summed E-state index contributed by atoms with van der Waals surface area (Å²) >= 11 is 3.26. The lowest BCUT2D eigenvalue weighted by molar-refractivity contribution is 0.0739. The Morgan fingerprint density at radius 2 is 2.11 bits per heavy atom. The fraction of sp³-hybridized carbons (Fsp3) is 0.462. The quantitative estimate of drug-likeness (QED) is 0.928. The number of nitrogens with zero attached hydrogens (tertiary/aromatic N) is 1. The van der Waals surface area contributed by atoms with E-state index in [-0.39, 0.29) is 11.3 Å². The van der Waals surface area contributed by atoms with Crippen molar-refractivity contribution in [2.24, 2.45) is 11.1 Å². The van der Waals surface area contributed by atoms with Gasteiger partial charge in [-0.1, -0.05) is 13.8 Å². The van der Waals surface area contributed by atoms with E-state index >= 15 is 0 Å². The molecular weight excluding hydrogens is 299 g/mol. The van der Waals surface area contributed by atoms with Gasteiger partial charge < -0.3 is 10.6 Å². The van der Waals surface area contributed by atoms with Gasteiger partial charge in [-0.15, -0.1) is 0 Å². The molecule has 1 amide bonds. The number of benzene rings is 1. The molecule has 3 nitrogen and oxygen atoms in total. The first-order valence-electron chi connectivity index (χ1n) is 5.67. The smallest absolute Gasteiger partial charge is 0.254 e. The van der Waals surface area contributed by atoms with Crippen LogP contribution in [-0.4, -0.2) is 30.9 Å². The van der Waals surface area contributed by atoms with Crippen molar-refractivity contribution in [1.29, 1.82) is 0 Å². The van der Waals surface area contributed by atoms with E-state index in [1.807, 2.05) is 13.8 Å².